The quantitative estimate of drug-likeness (QED) is 0.780. The maximum Gasteiger partial charge on any atom is 0.0885 e. The number of piperidine rings is 1. The van der Waals surface area contributed by atoms with Gasteiger partial charge in [0.05, 0.1) is 5.00 Å². The average molecular weight is 196 g/mol. The fraction of sp³-hybridized carbons (Fsp3) is 0.600. The van der Waals surface area contributed by atoms with Crippen LogP contribution in [0.25, 0.3) is 0 Å². The molecule has 72 valence electrons. The Morgan fingerprint density at radius 1 is 1.62 bits per heavy atom. The van der Waals surface area contributed by atoms with Crippen molar-refractivity contribution >= 4 is 16.3 Å². The molecule has 2 heterocycles. The number of thiophene rings is 1. The zero-order valence-corrected chi connectivity index (χ0v) is 8.81. The zero-order valence-electron chi connectivity index (χ0n) is 7.99. The first-order chi connectivity index (χ1) is 6.34. The molecular weight excluding hydrogens is 180 g/mol. The van der Waals surface area contributed by atoms with Gasteiger partial charge in [0, 0.05) is 12.6 Å². The van der Waals surface area contributed by atoms with E-state index in [1.807, 2.05) is 0 Å². The molecule has 13 heavy (non-hydrogen) atoms. The van der Waals surface area contributed by atoms with Gasteiger partial charge in [0.25, 0.3) is 0 Å². The molecule has 0 aliphatic carbocycles. The minimum Gasteiger partial charge on any atom is -0.373 e. The van der Waals surface area contributed by atoms with Crippen LogP contribution in [0.1, 0.15) is 12.8 Å². The van der Waals surface area contributed by atoms with Gasteiger partial charge in [0.1, 0.15) is 0 Å². The molecule has 1 aromatic heterocycles. The lowest BCUT2D eigenvalue weighted by Crippen LogP contribution is -2.39. The molecule has 1 aliphatic rings. The third-order valence-corrected chi connectivity index (χ3v) is 3.29. The van der Waals surface area contributed by atoms with E-state index < -0.39 is 0 Å². The second kappa shape index (κ2) is 4.11. The number of nitrogens with one attached hydrogen (secondary N) is 1. The van der Waals surface area contributed by atoms with Gasteiger partial charge in [-0.2, -0.15) is 0 Å². The average Bonchev–Trinajstić information content (AvgIpc) is 2.57. The molecule has 2 rings (SSSR count). The van der Waals surface area contributed by atoms with Crippen molar-refractivity contribution in [3.63, 3.8) is 0 Å². The Labute approximate surface area is 83.6 Å². The highest BCUT2D eigenvalue weighted by molar-refractivity contribution is 7.14. The van der Waals surface area contributed by atoms with E-state index in [1.165, 1.54) is 30.9 Å². The van der Waals surface area contributed by atoms with Gasteiger partial charge < -0.3 is 10.2 Å². The number of rotatable bonds is 2. The monoisotopic (exact) mass is 196 g/mol. The number of hydrogen-bond acceptors (Lipinski definition) is 3. The van der Waals surface area contributed by atoms with Crippen LogP contribution in [0.5, 0.6) is 0 Å². The number of anilines is 1. The van der Waals surface area contributed by atoms with Crippen molar-refractivity contribution in [3.05, 3.63) is 17.5 Å². The summed E-state index contributed by atoms with van der Waals surface area (Å²) in [6.45, 7) is 2.43. The molecule has 1 saturated heterocycles. The summed E-state index contributed by atoms with van der Waals surface area (Å²) in [7, 11) is 2.20. The van der Waals surface area contributed by atoms with Crippen LogP contribution >= 0.6 is 11.3 Å². The molecular formula is C10H16N2S. The Balaban J connectivity index is 1.87. The van der Waals surface area contributed by atoms with Gasteiger partial charge in [-0.15, -0.1) is 11.3 Å². The lowest BCUT2D eigenvalue weighted by Gasteiger charge is -2.30. The standard InChI is InChI=1S/C10H16N2S/c1-12-6-2-4-9(8-12)11-10-5-3-7-13-10/h3,5,7,9,11H,2,4,6,8H2,1H3. The first-order valence-electron chi connectivity index (χ1n) is 4.83. The van der Waals surface area contributed by atoms with Crippen molar-refractivity contribution in [3.8, 4) is 0 Å². The van der Waals surface area contributed by atoms with E-state index in [2.05, 4.69) is 34.8 Å². The van der Waals surface area contributed by atoms with Crippen LogP contribution in [-0.4, -0.2) is 31.1 Å². The number of likely N-dealkylation sites (tertiary alicyclic amines) is 1. The summed E-state index contributed by atoms with van der Waals surface area (Å²) in [6, 6.07) is 4.90. The van der Waals surface area contributed by atoms with Crippen molar-refractivity contribution in [2.75, 3.05) is 25.5 Å². The summed E-state index contributed by atoms with van der Waals surface area (Å²) in [5.74, 6) is 0. The second-order valence-corrected chi connectivity index (χ2v) is 4.67. The highest BCUT2D eigenvalue weighted by Crippen LogP contribution is 2.19. The smallest absolute Gasteiger partial charge is 0.0885 e. The summed E-state index contributed by atoms with van der Waals surface area (Å²) < 4.78 is 0. The van der Waals surface area contributed by atoms with Gasteiger partial charge in [-0.1, -0.05) is 0 Å². The van der Waals surface area contributed by atoms with E-state index >= 15 is 0 Å². The lowest BCUT2D eigenvalue weighted by atomic mass is 10.1. The van der Waals surface area contributed by atoms with E-state index in [0.29, 0.717) is 6.04 Å². The molecule has 0 bridgehead atoms. The fourth-order valence-electron chi connectivity index (χ4n) is 1.85. The summed E-state index contributed by atoms with van der Waals surface area (Å²) in [6.07, 6.45) is 2.63. The van der Waals surface area contributed by atoms with Crippen molar-refractivity contribution in [2.24, 2.45) is 0 Å². The van der Waals surface area contributed by atoms with E-state index in [4.69, 9.17) is 0 Å². The predicted octanol–water partition coefficient (Wildman–Crippen LogP) is 2.25. The van der Waals surface area contributed by atoms with E-state index in [1.54, 1.807) is 11.3 Å². The van der Waals surface area contributed by atoms with E-state index in [-0.39, 0.29) is 0 Å². The van der Waals surface area contributed by atoms with E-state index in [0.717, 1.165) is 0 Å². The van der Waals surface area contributed by atoms with Gasteiger partial charge in [0.2, 0.25) is 0 Å². The Bertz CT molecular complexity index is 245. The van der Waals surface area contributed by atoms with Gasteiger partial charge in [-0.3, -0.25) is 0 Å². The van der Waals surface area contributed by atoms with Gasteiger partial charge >= 0.3 is 0 Å². The molecule has 0 aromatic carbocycles. The summed E-state index contributed by atoms with van der Waals surface area (Å²) in [5.41, 5.74) is 0. The molecule has 1 aliphatic heterocycles. The minimum absolute atomic E-state index is 0.650. The third-order valence-electron chi connectivity index (χ3n) is 2.49. The predicted molar refractivity (Wildman–Crippen MR) is 58.5 cm³/mol. The molecule has 0 saturated carbocycles. The number of nitrogens with zero attached hydrogens (tertiary/aromatic N) is 1. The molecule has 1 aromatic rings. The first kappa shape index (κ1) is 9.03. The molecule has 3 heteroatoms. The SMILES string of the molecule is CN1CCCC(Nc2cccs2)C1. The van der Waals surface area contributed by atoms with Crippen LogP contribution in [-0.2, 0) is 0 Å². The number of likely N-dealkylation sites (N-methyl/N-ethyl adjacent to an activating group) is 1. The highest BCUT2D eigenvalue weighted by Gasteiger charge is 2.16. The van der Waals surface area contributed by atoms with Gasteiger partial charge in [-0.05, 0) is 43.9 Å². The molecule has 0 amide bonds. The third kappa shape index (κ3) is 2.45. The van der Waals surface area contributed by atoms with Crippen molar-refractivity contribution < 1.29 is 0 Å². The van der Waals surface area contributed by atoms with Crippen LogP contribution in [0.15, 0.2) is 17.5 Å². The highest BCUT2D eigenvalue weighted by atomic mass is 32.1. The minimum atomic E-state index is 0.650. The topological polar surface area (TPSA) is 15.3 Å². The zero-order chi connectivity index (χ0) is 9.10. The van der Waals surface area contributed by atoms with Gasteiger partial charge in [-0.25, -0.2) is 0 Å². The van der Waals surface area contributed by atoms with E-state index in [9.17, 15) is 0 Å². The Morgan fingerprint density at radius 2 is 2.54 bits per heavy atom. The van der Waals surface area contributed by atoms with Crippen molar-refractivity contribution in [2.45, 2.75) is 18.9 Å². The lowest BCUT2D eigenvalue weighted by molar-refractivity contribution is 0.261. The van der Waals surface area contributed by atoms with Crippen LogP contribution in [0.3, 0.4) is 0 Å². The van der Waals surface area contributed by atoms with Crippen molar-refractivity contribution in [1.82, 2.24) is 4.90 Å². The molecule has 2 nitrogen and oxygen atoms in total. The summed E-state index contributed by atoms with van der Waals surface area (Å²) in [4.78, 5) is 2.40. The molecule has 1 N–H and O–H groups in total. The number of hydrogen-bond donors (Lipinski definition) is 1. The molecule has 1 unspecified atom stereocenters. The normalized spacial score (nSPS) is 24.5. The molecule has 1 fully saturated rings. The molecule has 1 atom stereocenters. The van der Waals surface area contributed by atoms with Gasteiger partial charge in [0.15, 0.2) is 0 Å². The van der Waals surface area contributed by atoms with Crippen LogP contribution in [0.4, 0.5) is 5.00 Å². The van der Waals surface area contributed by atoms with Crippen LogP contribution in [0.2, 0.25) is 0 Å². The molecule has 0 radical (unpaired) electrons. The Morgan fingerprint density at radius 3 is 3.23 bits per heavy atom. The largest absolute Gasteiger partial charge is 0.373 e. The summed E-state index contributed by atoms with van der Waals surface area (Å²) >= 11 is 1.79. The van der Waals surface area contributed by atoms with Crippen molar-refractivity contribution in [1.29, 1.82) is 0 Å². The van der Waals surface area contributed by atoms with Crippen LogP contribution < -0.4 is 5.32 Å². The van der Waals surface area contributed by atoms with Crippen LogP contribution in [0, 0.1) is 0 Å². The Kier molecular flexibility index (Phi) is 2.86. The summed E-state index contributed by atoms with van der Waals surface area (Å²) in [5, 5.41) is 6.99. The molecule has 0 spiro atoms. The first-order valence-corrected chi connectivity index (χ1v) is 5.71. The Hall–Kier alpha value is -0.540. The second-order valence-electron chi connectivity index (χ2n) is 3.72. The maximum atomic E-state index is 3.57. The maximum absolute atomic E-state index is 3.57. The fourth-order valence-corrected chi connectivity index (χ4v) is 2.54.